The number of nitrogens with one attached hydrogen (secondary N) is 3. The van der Waals surface area contributed by atoms with E-state index in [9.17, 15) is 28.1 Å². The molecule has 2 aromatic rings. The van der Waals surface area contributed by atoms with Crippen LogP contribution >= 0.6 is 30.8 Å². The molecule has 0 atom stereocenters. The maximum Gasteiger partial charge on any atom is 0.344 e. The van der Waals surface area contributed by atoms with Crippen LogP contribution < -0.4 is 25.6 Å². The maximum absolute atomic E-state index is 14.5. The Morgan fingerprint density at radius 3 is 2.19 bits per heavy atom. The topological polar surface area (TPSA) is 242 Å². The van der Waals surface area contributed by atoms with Crippen molar-refractivity contribution in [3.8, 4) is 5.75 Å². The molecule has 0 spiro atoms. The van der Waals surface area contributed by atoms with Gasteiger partial charge in [0.05, 0.1) is 30.1 Å². The summed E-state index contributed by atoms with van der Waals surface area (Å²) in [6.07, 6.45) is 4.80. The van der Waals surface area contributed by atoms with Gasteiger partial charge in [0.15, 0.2) is 6.61 Å². The summed E-state index contributed by atoms with van der Waals surface area (Å²) in [6.45, 7) is 8.22. The van der Waals surface area contributed by atoms with Crippen LogP contribution in [0.1, 0.15) is 72.6 Å². The highest BCUT2D eigenvalue weighted by Crippen LogP contribution is 2.39. The van der Waals surface area contributed by atoms with Gasteiger partial charge in [0.2, 0.25) is 17.2 Å². The van der Waals surface area contributed by atoms with Gasteiger partial charge in [-0.2, -0.15) is 15.0 Å². The fourth-order valence-electron chi connectivity index (χ4n) is 4.69. The van der Waals surface area contributed by atoms with Crippen LogP contribution in [0, 0.1) is 5.82 Å². The van der Waals surface area contributed by atoms with Gasteiger partial charge in [0.25, 0.3) is 11.8 Å². The number of esters is 1. The highest BCUT2D eigenvalue weighted by molar-refractivity contribution is 7.51. The number of hydrogen-bond acceptors (Lipinski definition) is 13. The average Bonchev–Trinajstić information content (AvgIpc) is 3.31. The number of benzene rings is 1. The largest absolute Gasteiger partial charge is 0.480 e. The molecule has 4 rings (SSSR count). The van der Waals surface area contributed by atoms with Gasteiger partial charge in [-0.15, -0.1) is 0 Å². The quantitative estimate of drug-likeness (QED) is 0.0571. The number of imide groups is 1. The number of amides is 2. The van der Waals surface area contributed by atoms with E-state index in [0.29, 0.717) is 42.5 Å². The molecule has 1 aliphatic heterocycles. The third kappa shape index (κ3) is 15.9. The molecule has 0 saturated heterocycles. The SMILES string of the molecule is CCCCCOC(=O)COc1cc(N2C(=O)C3=C(CCCC3)C2=O)c(F)cc1Cl.CCNc1nc(Cl)nc(NC(C)C)n1.O=C(O)CNCP(=O)(O)O. The van der Waals surface area contributed by atoms with E-state index in [0.717, 1.165) is 49.6 Å². The fraction of sp³-hybridized carbons (Fsp3) is 0.531. The normalized spacial score (nSPS) is 13.8. The third-order valence-electron chi connectivity index (χ3n) is 6.94. The molecule has 6 N–H and O–H groups in total. The minimum absolute atomic E-state index is 0.000883. The first kappa shape index (κ1) is 45.2. The number of hydrogen-bond donors (Lipinski definition) is 6. The molecule has 1 aromatic heterocycles. The Kier molecular flexibility index (Phi) is 19.1. The zero-order valence-corrected chi connectivity index (χ0v) is 32.2. The number of carbonyl (C=O) groups is 4. The number of unbranched alkanes of at least 4 members (excludes halogenated alkanes) is 2. The smallest absolute Gasteiger partial charge is 0.344 e. The first-order valence-electron chi connectivity index (χ1n) is 16.7. The van der Waals surface area contributed by atoms with E-state index in [4.69, 9.17) is 47.6 Å². The number of carboxylic acid groups (broad SMARTS) is 1. The van der Waals surface area contributed by atoms with Gasteiger partial charge < -0.3 is 35.0 Å². The van der Waals surface area contributed by atoms with Crippen molar-refractivity contribution in [2.75, 3.05) is 48.1 Å². The lowest BCUT2D eigenvalue weighted by Gasteiger charge is -2.18. The summed E-state index contributed by atoms with van der Waals surface area (Å²) in [7, 11) is -4.10. The predicted octanol–water partition coefficient (Wildman–Crippen LogP) is 4.91. The minimum Gasteiger partial charge on any atom is -0.480 e. The first-order chi connectivity index (χ1) is 25.0. The summed E-state index contributed by atoms with van der Waals surface area (Å²) < 4.78 is 35.0. The van der Waals surface area contributed by atoms with E-state index >= 15 is 0 Å². The van der Waals surface area contributed by atoms with Crippen LogP contribution in [0.15, 0.2) is 23.3 Å². The van der Waals surface area contributed by atoms with Crippen molar-refractivity contribution >= 4 is 72.1 Å². The standard InChI is InChI=1S/C21H23ClFNO5.C8H14ClN5.C3H8NO5P/c1-2-3-6-9-28-19(25)12-29-18-11-17(16(23)10-15(18)22)24-20(26)13-7-4-5-8-14(13)21(24)27;1-4-10-7-12-6(9)13-8(14-7)11-5(2)3;5-3(6)1-4-2-10(7,8)9/h10-11H,2-9,12H2,1H3;5H,4H2,1-3H3,(H2,10,11,12,13,14);4H,1-2H2,(H,5,6)(H2,7,8,9). The van der Waals surface area contributed by atoms with Gasteiger partial charge in [-0.05, 0) is 70.5 Å². The molecular formula is C32H45Cl2FN7O10P. The molecule has 1 aromatic carbocycles. The van der Waals surface area contributed by atoms with Crippen LogP contribution in [0.5, 0.6) is 5.75 Å². The Morgan fingerprint density at radius 2 is 1.64 bits per heavy atom. The molecule has 0 unspecified atom stereocenters. The van der Waals surface area contributed by atoms with Gasteiger partial charge >= 0.3 is 19.5 Å². The van der Waals surface area contributed by atoms with E-state index < -0.39 is 56.6 Å². The summed E-state index contributed by atoms with van der Waals surface area (Å²) in [5.74, 6) is -2.56. The van der Waals surface area contributed by atoms with E-state index in [1.807, 2.05) is 27.7 Å². The molecule has 0 bridgehead atoms. The fourth-order valence-corrected chi connectivity index (χ4v) is 5.46. The molecule has 2 amide bonds. The van der Waals surface area contributed by atoms with Gasteiger partial charge in [-0.25, -0.2) is 14.1 Å². The van der Waals surface area contributed by atoms with E-state index in [-0.39, 0.29) is 27.8 Å². The summed E-state index contributed by atoms with van der Waals surface area (Å²) in [6, 6.07) is 2.41. The summed E-state index contributed by atoms with van der Waals surface area (Å²) in [4.78, 5) is 76.1. The molecule has 0 saturated carbocycles. The third-order valence-corrected chi connectivity index (χ3v) is 8.04. The molecule has 294 valence electrons. The van der Waals surface area contributed by atoms with Crippen LogP contribution in [0.3, 0.4) is 0 Å². The zero-order chi connectivity index (χ0) is 39.7. The summed E-state index contributed by atoms with van der Waals surface area (Å²) >= 11 is 11.7. The number of carboxylic acids is 1. The molecule has 0 radical (unpaired) electrons. The van der Waals surface area contributed by atoms with Gasteiger partial charge in [-0.1, -0.05) is 31.4 Å². The minimum atomic E-state index is -4.10. The van der Waals surface area contributed by atoms with Crippen LogP contribution in [0.2, 0.25) is 10.3 Å². The van der Waals surface area contributed by atoms with Crippen molar-refractivity contribution in [2.24, 2.45) is 0 Å². The monoisotopic (exact) mass is 807 g/mol. The number of carbonyl (C=O) groups excluding carboxylic acids is 3. The highest BCUT2D eigenvalue weighted by atomic mass is 35.5. The Hall–Kier alpha value is -3.93. The molecule has 2 heterocycles. The molecule has 21 heteroatoms. The summed E-state index contributed by atoms with van der Waals surface area (Å²) in [5.41, 5.74) is 0.674. The second-order valence-electron chi connectivity index (χ2n) is 11.8. The number of aromatic nitrogens is 3. The number of anilines is 3. The highest BCUT2D eigenvalue weighted by Gasteiger charge is 2.41. The Balaban J connectivity index is 0.000000335. The second-order valence-corrected chi connectivity index (χ2v) is 14.2. The van der Waals surface area contributed by atoms with Crippen molar-refractivity contribution in [3.63, 3.8) is 0 Å². The number of ether oxygens (including phenoxy) is 2. The van der Waals surface area contributed by atoms with E-state index in [1.54, 1.807) is 0 Å². The molecule has 2 aliphatic rings. The number of aliphatic carboxylic acids is 1. The van der Waals surface area contributed by atoms with Crippen LogP contribution in [-0.4, -0.2) is 92.2 Å². The Bertz CT molecular complexity index is 1650. The lowest BCUT2D eigenvalue weighted by Crippen LogP contribution is -2.32. The maximum atomic E-state index is 14.5. The molecular weight excluding hydrogens is 763 g/mol. The average molecular weight is 809 g/mol. The van der Waals surface area contributed by atoms with Crippen LogP contribution in [0.4, 0.5) is 22.0 Å². The van der Waals surface area contributed by atoms with Crippen LogP contribution in [-0.2, 0) is 28.5 Å². The van der Waals surface area contributed by atoms with Crippen LogP contribution in [0.25, 0.3) is 0 Å². The Labute approximate surface area is 316 Å². The van der Waals surface area contributed by atoms with Crippen molar-refractivity contribution < 1.29 is 52.5 Å². The lowest BCUT2D eigenvalue weighted by molar-refractivity contribution is -0.146. The zero-order valence-electron chi connectivity index (χ0n) is 29.8. The van der Waals surface area contributed by atoms with Gasteiger partial charge in [0, 0.05) is 29.8 Å². The molecule has 0 fully saturated rings. The second kappa shape index (κ2) is 22.3. The van der Waals surface area contributed by atoms with E-state index in [2.05, 4.69) is 30.9 Å². The van der Waals surface area contributed by atoms with Crippen molar-refractivity contribution in [1.29, 1.82) is 0 Å². The van der Waals surface area contributed by atoms with Crippen molar-refractivity contribution in [2.45, 2.75) is 78.7 Å². The van der Waals surface area contributed by atoms with Crippen molar-refractivity contribution in [3.05, 3.63) is 39.4 Å². The van der Waals surface area contributed by atoms with Gasteiger partial charge in [0.1, 0.15) is 11.6 Å². The predicted molar refractivity (Wildman–Crippen MR) is 196 cm³/mol. The lowest BCUT2D eigenvalue weighted by atomic mass is 9.93. The number of nitrogens with zero attached hydrogens (tertiary/aromatic N) is 4. The van der Waals surface area contributed by atoms with E-state index in [1.165, 1.54) is 6.07 Å². The molecule has 17 nitrogen and oxygen atoms in total. The number of halogens is 3. The summed E-state index contributed by atoms with van der Waals surface area (Å²) in [5, 5.41) is 16.2. The first-order valence-corrected chi connectivity index (χ1v) is 19.3. The molecule has 53 heavy (non-hydrogen) atoms. The van der Waals surface area contributed by atoms with Crippen molar-refractivity contribution in [1.82, 2.24) is 20.3 Å². The Morgan fingerprint density at radius 1 is 1.02 bits per heavy atom. The van der Waals surface area contributed by atoms with Gasteiger partial charge in [-0.3, -0.25) is 24.3 Å². The molecule has 1 aliphatic carbocycles. The number of rotatable bonds is 16.